The predicted molar refractivity (Wildman–Crippen MR) is 51.1 cm³/mol. The van der Waals surface area contributed by atoms with E-state index in [9.17, 15) is 13.5 Å². The topological polar surface area (TPSA) is 54.4 Å². The third-order valence-electron chi connectivity index (χ3n) is 1.91. The zero-order valence-corrected chi connectivity index (χ0v) is 9.66. The van der Waals surface area contributed by atoms with Crippen LogP contribution in [0, 0.1) is 5.92 Å². The molecule has 3 nitrogen and oxygen atoms in total. The maximum Gasteiger partial charge on any atom is 0.224 e. The SMILES string of the molecule is CS(=O)(=O)[C@@](Cl)(Br)[C@@H](O)C1CC1. The summed E-state index contributed by atoms with van der Waals surface area (Å²) in [6, 6.07) is 0. The van der Waals surface area contributed by atoms with Gasteiger partial charge >= 0.3 is 0 Å². The number of hydrogen-bond donors (Lipinski definition) is 1. The van der Waals surface area contributed by atoms with Gasteiger partial charge < -0.3 is 5.11 Å². The zero-order chi connectivity index (χ0) is 9.57. The number of sulfone groups is 1. The van der Waals surface area contributed by atoms with Gasteiger partial charge in [0.25, 0.3) is 0 Å². The van der Waals surface area contributed by atoms with E-state index < -0.39 is 19.1 Å². The second-order valence-electron chi connectivity index (χ2n) is 3.12. The molecule has 0 saturated heterocycles. The molecule has 0 aromatic carbocycles. The molecule has 0 aromatic heterocycles. The minimum atomic E-state index is -3.47. The lowest BCUT2D eigenvalue weighted by Gasteiger charge is -2.23. The number of alkyl halides is 2. The highest BCUT2D eigenvalue weighted by molar-refractivity contribution is 9.12. The fourth-order valence-corrected chi connectivity index (χ4v) is 2.09. The molecule has 72 valence electrons. The highest BCUT2D eigenvalue weighted by atomic mass is 79.9. The molecule has 0 amide bonds. The van der Waals surface area contributed by atoms with Crippen LogP contribution in [0.2, 0.25) is 0 Å². The fraction of sp³-hybridized carbons (Fsp3) is 1.00. The molecule has 0 radical (unpaired) electrons. The Morgan fingerprint density at radius 1 is 1.67 bits per heavy atom. The molecule has 2 atom stereocenters. The lowest BCUT2D eigenvalue weighted by Crippen LogP contribution is -2.39. The summed E-state index contributed by atoms with van der Waals surface area (Å²) >= 11 is 8.51. The van der Waals surface area contributed by atoms with E-state index in [1.54, 1.807) is 0 Å². The first kappa shape index (κ1) is 10.8. The number of aliphatic hydroxyl groups excluding tert-OH is 1. The first-order valence-corrected chi connectivity index (χ1v) is 6.58. The molecular weight excluding hydrogens is 267 g/mol. The molecule has 0 bridgehead atoms. The van der Waals surface area contributed by atoms with E-state index >= 15 is 0 Å². The number of halogens is 2. The highest BCUT2D eigenvalue weighted by Crippen LogP contribution is 2.45. The molecule has 1 fully saturated rings. The maximum absolute atomic E-state index is 11.1. The van der Waals surface area contributed by atoms with Crippen LogP contribution < -0.4 is 0 Å². The van der Waals surface area contributed by atoms with Gasteiger partial charge in [-0.15, -0.1) is 0 Å². The van der Waals surface area contributed by atoms with Gasteiger partial charge in [0.2, 0.25) is 3.12 Å². The summed E-state index contributed by atoms with van der Waals surface area (Å²) in [6.45, 7) is 0. The molecule has 1 rings (SSSR count). The van der Waals surface area contributed by atoms with Crippen molar-refractivity contribution < 1.29 is 13.5 Å². The Hall–Kier alpha value is 0.680. The summed E-state index contributed by atoms with van der Waals surface area (Å²) in [5.41, 5.74) is 0. The van der Waals surface area contributed by atoms with Crippen molar-refractivity contribution in [3.8, 4) is 0 Å². The Morgan fingerprint density at radius 2 is 2.08 bits per heavy atom. The summed E-state index contributed by atoms with van der Waals surface area (Å²) in [5.74, 6) is 0.0246. The van der Waals surface area contributed by atoms with E-state index in [0.717, 1.165) is 19.1 Å². The molecule has 0 aliphatic heterocycles. The van der Waals surface area contributed by atoms with Crippen molar-refractivity contribution in [1.29, 1.82) is 0 Å². The van der Waals surface area contributed by atoms with Gasteiger partial charge in [-0.05, 0) is 34.7 Å². The van der Waals surface area contributed by atoms with Crippen LogP contribution in [0.15, 0.2) is 0 Å². The van der Waals surface area contributed by atoms with Crippen LogP contribution in [0.3, 0.4) is 0 Å². The third kappa shape index (κ3) is 1.95. The predicted octanol–water partition coefficient (Wildman–Crippen LogP) is 1.09. The molecule has 1 saturated carbocycles. The van der Waals surface area contributed by atoms with Crippen LogP contribution in [0.4, 0.5) is 0 Å². The molecular formula is C6H10BrClO3S. The Labute approximate surface area is 85.1 Å². The lowest BCUT2D eigenvalue weighted by molar-refractivity contribution is 0.158. The Kier molecular flexibility index (Phi) is 2.79. The summed E-state index contributed by atoms with van der Waals surface area (Å²) in [7, 11) is -3.47. The van der Waals surface area contributed by atoms with E-state index in [4.69, 9.17) is 11.6 Å². The van der Waals surface area contributed by atoms with Crippen molar-refractivity contribution in [2.45, 2.75) is 22.1 Å². The van der Waals surface area contributed by atoms with E-state index in [-0.39, 0.29) is 5.92 Å². The summed E-state index contributed by atoms with van der Waals surface area (Å²) in [4.78, 5) is 0. The van der Waals surface area contributed by atoms with Crippen molar-refractivity contribution >= 4 is 37.4 Å². The standard InChI is InChI=1S/C6H10BrClO3S/c1-12(10,11)6(7,8)5(9)4-2-3-4/h4-5,9H,2-3H2,1H3/t5-,6+/m0/s1. The second kappa shape index (κ2) is 3.12. The van der Waals surface area contributed by atoms with Crippen molar-refractivity contribution in [2.24, 2.45) is 5.92 Å². The van der Waals surface area contributed by atoms with Crippen LogP contribution in [0.5, 0.6) is 0 Å². The first-order chi connectivity index (χ1) is 5.27. The zero-order valence-electron chi connectivity index (χ0n) is 6.50. The average molecular weight is 278 g/mol. The maximum atomic E-state index is 11.1. The van der Waals surface area contributed by atoms with Crippen LogP contribution in [0.1, 0.15) is 12.8 Å². The van der Waals surface area contributed by atoms with Crippen molar-refractivity contribution in [3.05, 3.63) is 0 Å². The minimum absolute atomic E-state index is 0.0246. The largest absolute Gasteiger partial charge is 0.389 e. The van der Waals surface area contributed by atoms with Gasteiger partial charge in [0, 0.05) is 6.26 Å². The molecule has 0 unspecified atom stereocenters. The van der Waals surface area contributed by atoms with Crippen LogP contribution in [-0.4, -0.2) is 29.0 Å². The van der Waals surface area contributed by atoms with Gasteiger partial charge in [-0.25, -0.2) is 8.42 Å². The number of rotatable bonds is 3. The van der Waals surface area contributed by atoms with Gasteiger partial charge in [0.05, 0.1) is 0 Å². The monoisotopic (exact) mass is 276 g/mol. The quantitative estimate of drug-likeness (QED) is 0.786. The van der Waals surface area contributed by atoms with Gasteiger partial charge in [0.1, 0.15) is 6.10 Å². The Bertz CT molecular complexity index is 271. The van der Waals surface area contributed by atoms with E-state index in [1.807, 2.05) is 0 Å². The normalized spacial score (nSPS) is 26.3. The van der Waals surface area contributed by atoms with Gasteiger partial charge in [-0.1, -0.05) is 11.6 Å². The number of hydrogen-bond acceptors (Lipinski definition) is 3. The minimum Gasteiger partial charge on any atom is -0.389 e. The Balaban J connectivity index is 2.83. The second-order valence-corrected chi connectivity index (χ2v) is 8.36. The third-order valence-corrected chi connectivity index (χ3v) is 6.44. The van der Waals surface area contributed by atoms with Crippen LogP contribution in [0.25, 0.3) is 0 Å². The van der Waals surface area contributed by atoms with Crippen molar-refractivity contribution in [2.75, 3.05) is 6.26 Å². The van der Waals surface area contributed by atoms with Gasteiger partial charge in [-0.2, -0.15) is 0 Å². The van der Waals surface area contributed by atoms with Crippen LogP contribution >= 0.6 is 27.5 Å². The molecule has 1 N–H and O–H groups in total. The fourth-order valence-electron chi connectivity index (χ4n) is 0.906. The number of aliphatic hydroxyl groups is 1. The average Bonchev–Trinajstić information content (AvgIpc) is 2.64. The molecule has 1 aliphatic rings. The molecule has 0 heterocycles. The summed E-state index contributed by atoms with van der Waals surface area (Å²) in [5, 5.41) is 9.49. The summed E-state index contributed by atoms with van der Waals surface area (Å²) < 4.78 is 20.5. The van der Waals surface area contributed by atoms with E-state index in [0.29, 0.717) is 0 Å². The van der Waals surface area contributed by atoms with Gasteiger partial charge in [-0.3, -0.25) is 0 Å². The van der Waals surface area contributed by atoms with Crippen LogP contribution in [-0.2, 0) is 9.84 Å². The van der Waals surface area contributed by atoms with Gasteiger partial charge in [0.15, 0.2) is 9.84 Å². The molecule has 0 spiro atoms. The van der Waals surface area contributed by atoms with E-state index in [1.165, 1.54) is 0 Å². The molecule has 6 heteroatoms. The smallest absolute Gasteiger partial charge is 0.224 e. The highest BCUT2D eigenvalue weighted by Gasteiger charge is 2.49. The van der Waals surface area contributed by atoms with Crippen molar-refractivity contribution in [3.63, 3.8) is 0 Å². The summed E-state index contributed by atoms with van der Waals surface area (Å²) in [6.07, 6.45) is 1.67. The Morgan fingerprint density at radius 3 is 2.33 bits per heavy atom. The lowest BCUT2D eigenvalue weighted by atomic mass is 10.3. The molecule has 0 aromatic rings. The molecule has 12 heavy (non-hydrogen) atoms. The molecule has 1 aliphatic carbocycles. The van der Waals surface area contributed by atoms with E-state index in [2.05, 4.69) is 15.9 Å². The van der Waals surface area contributed by atoms with Crippen molar-refractivity contribution in [1.82, 2.24) is 0 Å². The first-order valence-electron chi connectivity index (χ1n) is 3.52.